The first-order valence-electron chi connectivity index (χ1n) is 12.2. The molecule has 0 bridgehead atoms. The molecule has 1 aliphatic heterocycles. The van der Waals surface area contributed by atoms with Crippen LogP contribution in [0, 0.1) is 23.2 Å². The van der Waals surface area contributed by atoms with Gasteiger partial charge in [0.2, 0.25) is 11.8 Å². The van der Waals surface area contributed by atoms with E-state index in [4.69, 9.17) is 4.74 Å². The molecule has 39 heavy (non-hydrogen) atoms. The number of nitriles is 1. The van der Waals surface area contributed by atoms with E-state index in [1.807, 2.05) is 32.0 Å². The number of carbonyl (C=O) groups is 2. The molecule has 1 N–H and O–H groups in total. The summed E-state index contributed by atoms with van der Waals surface area (Å²) in [6, 6.07) is 11.3. The van der Waals surface area contributed by atoms with Crippen LogP contribution in [0.4, 0.5) is 5.82 Å². The second-order valence-electron chi connectivity index (χ2n) is 10.3. The van der Waals surface area contributed by atoms with E-state index in [2.05, 4.69) is 58.4 Å². The number of likely N-dealkylation sites (tertiary alicyclic amines) is 1. The fraction of sp³-hybridized carbons (Fsp3) is 0.346. The van der Waals surface area contributed by atoms with Crippen molar-refractivity contribution in [3.05, 3.63) is 48.3 Å². The highest BCUT2D eigenvalue weighted by atomic mass is 31.1. The number of hydrogen-bond donors (Lipinski definition) is 1. The highest BCUT2D eigenvalue weighted by Crippen LogP contribution is 2.46. The van der Waals surface area contributed by atoms with Crippen molar-refractivity contribution in [3.63, 3.8) is 0 Å². The van der Waals surface area contributed by atoms with Crippen molar-refractivity contribution >= 4 is 59.9 Å². The number of nitrogens with zero attached hydrogens (tertiary/aromatic N) is 5. The fourth-order valence-corrected chi connectivity index (χ4v) is 4.81. The first-order chi connectivity index (χ1) is 18.2. The summed E-state index contributed by atoms with van der Waals surface area (Å²) in [5.74, 6) is -0.319. The lowest BCUT2D eigenvalue weighted by molar-refractivity contribution is -0.131. The van der Waals surface area contributed by atoms with Crippen molar-refractivity contribution < 1.29 is 14.3 Å². The van der Waals surface area contributed by atoms with E-state index >= 15 is 0 Å². The van der Waals surface area contributed by atoms with Gasteiger partial charge in [-0.3, -0.25) is 14.6 Å². The predicted molar refractivity (Wildman–Crippen MR) is 166 cm³/mol. The zero-order valence-corrected chi connectivity index (χ0v) is 26.8. The first kappa shape index (κ1) is 29.5. The van der Waals surface area contributed by atoms with Crippen LogP contribution in [0.2, 0.25) is 0 Å². The van der Waals surface area contributed by atoms with Gasteiger partial charge in [0.05, 0.1) is 28.0 Å². The lowest BCUT2D eigenvalue weighted by atomic mass is 9.97. The smallest absolute Gasteiger partial charge is 0.231 e. The molecule has 0 aliphatic carbocycles. The van der Waals surface area contributed by atoms with Crippen molar-refractivity contribution in [3.8, 4) is 28.8 Å². The van der Waals surface area contributed by atoms with E-state index in [1.165, 1.54) is 0 Å². The number of pyridine rings is 1. The minimum atomic E-state index is -0.567. The Morgan fingerprint density at radius 2 is 1.95 bits per heavy atom. The lowest BCUT2D eigenvalue weighted by Gasteiger charge is -2.38. The van der Waals surface area contributed by atoms with E-state index in [0.717, 1.165) is 10.9 Å². The third-order valence-corrected chi connectivity index (χ3v) is 9.35. The van der Waals surface area contributed by atoms with Gasteiger partial charge in [0, 0.05) is 37.3 Å². The number of rotatable bonds is 7. The maximum atomic E-state index is 13.2. The minimum Gasteiger partial charge on any atom is -0.486 e. The van der Waals surface area contributed by atoms with Crippen LogP contribution in [-0.4, -0.2) is 55.3 Å². The monoisotopic (exact) mass is 600 g/mol. The first-order valence-corrected chi connectivity index (χ1v) is 14.5. The maximum Gasteiger partial charge on any atom is 0.231 e. The van der Waals surface area contributed by atoms with E-state index in [-0.39, 0.29) is 16.5 Å². The quantitative estimate of drug-likeness (QED) is 0.416. The number of ether oxygens (including phenoxy) is 1. The number of amides is 2. The molecule has 0 saturated carbocycles. The van der Waals surface area contributed by atoms with Crippen LogP contribution in [-0.2, 0) is 9.59 Å². The number of aromatic nitrogens is 3. The summed E-state index contributed by atoms with van der Waals surface area (Å²) < 4.78 is 7.62. The molecular formula is C26H32N6O3P4. The Morgan fingerprint density at radius 3 is 2.56 bits per heavy atom. The Bertz CT molecular complexity index is 1480. The summed E-state index contributed by atoms with van der Waals surface area (Å²) in [5.41, 5.74) is 1.67. The molecule has 204 valence electrons. The standard InChI is InChI=1S/C26H32N6O3P4/c1-14-19(13-31(4)24(14)34)23(33)29-22-10-20(32(30-22)21-12-28-6-5-15(21)11-27)16-7-17(9-18(36)8-16)35-25(2,3)26(37,38)39/h5-10,12,14,19H,13,36-39H2,1-4H3,(H,29,30,33)/t14-,19+/m1/s1. The van der Waals surface area contributed by atoms with Crippen LogP contribution >= 0.6 is 37.0 Å². The second kappa shape index (κ2) is 11.2. The highest BCUT2D eigenvalue weighted by Gasteiger charge is 2.40. The number of benzene rings is 1. The topological polar surface area (TPSA) is 113 Å². The molecule has 1 saturated heterocycles. The van der Waals surface area contributed by atoms with Crippen molar-refractivity contribution in [2.24, 2.45) is 11.8 Å². The van der Waals surface area contributed by atoms with E-state index in [0.29, 0.717) is 35.1 Å². The Morgan fingerprint density at radius 1 is 1.23 bits per heavy atom. The van der Waals surface area contributed by atoms with E-state index < -0.39 is 17.4 Å². The molecule has 2 amide bonds. The molecule has 3 heterocycles. The SMILES string of the molecule is C[C@H]1C(=O)N(C)C[C@@H]1C(=O)Nc1cc(-c2cc(P)cc(OC(C)(C)C(P)(P)P)c2)n(-c2cnccc2C#N)n1. The average molecular weight is 600 g/mol. The van der Waals surface area contributed by atoms with E-state index in [1.54, 1.807) is 48.1 Å². The minimum absolute atomic E-state index is 0.0615. The van der Waals surface area contributed by atoms with Crippen LogP contribution in [0.1, 0.15) is 26.3 Å². The molecule has 4 rings (SSSR count). The molecule has 2 aromatic heterocycles. The molecule has 1 aliphatic rings. The molecule has 3 aromatic rings. The Hall–Kier alpha value is -2.47. The zero-order valence-electron chi connectivity index (χ0n) is 22.2. The Kier molecular flexibility index (Phi) is 8.47. The largest absolute Gasteiger partial charge is 0.486 e. The summed E-state index contributed by atoms with van der Waals surface area (Å²) in [7, 11) is 12.7. The molecule has 9 nitrogen and oxygen atoms in total. The van der Waals surface area contributed by atoms with Gasteiger partial charge < -0.3 is 15.0 Å². The van der Waals surface area contributed by atoms with Gasteiger partial charge in [0.1, 0.15) is 23.1 Å². The molecule has 13 heteroatoms. The highest BCUT2D eigenvalue weighted by molar-refractivity contribution is 7.57. The Labute approximate surface area is 237 Å². The number of nitrogens with one attached hydrogen (secondary N) is 1. The molecular weight excluding hydrogens is 568 g/mol. The number of hydrogen-bond acceptors (Lipinski definition) is 6. The summed E-state index contributed by atoms with van der Waals surface area (Å²) in [5, 5.41) is 18.2. The number of anilines is 1. The summed E-state index contributed by atoms with van der Waals surface area (Å²) >= 11 is 0. The van der Waals surface area contributed by atoms with Gasteiger partial charge in [-0.05, 0) is 43.4 Å². The van der Waals surface area contributed by atoms with Crippen LogP contribution < -0.4 is 15.4 Å². The van der Waals surface area contributed by atoms with Crippen molar-refractivity contribution in [2.75, 3.05) is 18.9 Å². The normalized spacial score (nSPS) is 17.7. The van der Waals surface area contributed by atoms with Gasteiger partial charge in [-0.15, -0.1) is 42.1 Å². The third-order valence-electron chi connectivity index (χ3n) is 6.93. The predicted octanol–water partition coefficient (Wildman–Crippen LogP) is 3.41. The van der Waals surface area contributed by atoms with Crippen molar-refractivity contribution in [1.82, 2.24) is 19.7 Å². The average Bonchev–Trinajstić information content (AvgIpc) is 3.38. The fourth-order valence-electron chi connectivity index (χ4n) is 4.28. The summed E-state index contributed by atoms with van der Waals surface area (Å²) in [6.07, 6.45) is 3.10. The van der Waals surface area contributed by atoms with Gasteiger partial charge in [0.15, 0.2) is 5.82 Å². The van der Waals surface area contributed by atoms with Gasteiger partial charge in [-0.1, -0.05) is 6.92 Å². The summed E-state index contributed by atoms with van der Waals surface area (Å²) in [6.45, 7) is 6.09. The Balaban J connectivity index is 1.78. The van der Waals surface area contributed by atoms with Crippen molar-refractivity contribution in [1.29, 1.82) is 5.26 Å². The molecule has 1 fully saturated rings. The van der Waals surface area contributed by atoms with Crippen LogP contribution in [0.15, 0.2) is 42.7 Å². The van der Waals surface area contributed by atoms with Gasteiger partial charge in [-0.25, -0.2) is 4.68 Å². The summed E-state index contributed by atoms with van der Waals surface area (Å²) in [4.78, 5) is 31.2. The molecule has 6 atom stereocenters. The molecule has 4 unspecified atom stereocenters. The van der Waals surface area contributed by atoms with Gasteiger partial charge >= 0.3 is 0 Å². The van der Waals surface area contributed by atoms with Gasteiger partial charge in [0.25, 0.3) is 0 Å². The zero-order chi connectivity index (χ0) is 28.7. The molecule has 1 aromatic carbocycles. The molecule has 0 spiro atoms. The van der Waals surface area contributed by atoms with Crippen LogP contribution in [0.5, 0.6) is 5.75 Å². The van der Waals surface area contributed by atoms with Gasteiger partial charge in [-0.2, -0.15) is 5.26 Å². The van der Waals surface area contributed by atoms with Crippen LogP contribution in [0.25, 0.3) is 16.9 Å². The molecule has 0 radical (unpaired) electrons. The maximum absolute atomic E-state index is 13.2. The second-order valence-corrected chi connectivity index (χ2v) is 15.8. The van der Waals surface area contributed by atoms with Crippen molar-refractivity contribution in [2.45, 2.75) is 31.0 Å². The number of carbonyl (C=O) groups excluding carboxylic acids is 2. The lowest BCUT2D eigenvalue weighted by Crippen LogP contribution is -2.41. The van der Waals surface area contributed by atoms with E-state index in [9.17, 15) is 14.9 Å². The van der Waals surface area contributed by atoms with Crippen LogP contribution in [0.3, 0.4) is 0 Å². The third kappa shape index (κ3) is 6.16.